The number of aliphatic hydroxyl groups is 2. The van der Waals surface area contributed by atoms with Crippen molar-refractivity contribution in [3.8, 4) is 0 Å². The fourth-order valence-corrected chi connectivity index (χ4v) is 1.23. The van der Waals surface area contributed by atoms with Gasteiger partial charge >= 0.3 is 0 Å². The second-order valence-corrected chi connectivity index (χ2v) is 3.91. The van der Waals surface area contributed by atoms with E-state index in [1.165, 1.54) is 0 Å². The highest BCUT2D eigenvalue weighted by Gasteiger charge is 2.28. The molecule has 1 aromatic rings. The molecule has 2 unspecified atom stereocenters. The zero-order chi connectivity index (χ0) is 10.8. The minimum atomic E-state index is -1.03. The Morgan fingerprint density at radius 2 is 2.29 bits per heavy atom. The van der Waals surface area contributed by atoms with E-state index in [4.69, 9.17) is 0 Å². The van der Waals surface area contributed by atoms with Gasteiger partial charge in [0.2, 0.25) is 0 Å². The number of aryl methyl sites for hydroxylation is 1. The second-order valence-electron chi connectivity index (χ2n) is 3.91. The molecule has 2 N–H and O–H groups in total. The van der Waals surface area contributed by atoms with Crippen molar-refractivity contribution in [2.45, 2.75) is 38.4 Å². The largest absolute Gasteiger partial charge is 0.390 e. The van der Waals surface area contributed by atoms with Crippen LogP contribution in [0.3, 0.4) is 0 Å². The molecular formula is C10H18N2O2. The molecule has 0 aliphatic carbocycles. The van der Waals surface area contributed by atoms with Gasteiger partial charge in [0.25, 0.3) is 0 Å². The quantitative estimate of drug-likeness (QED) is 0.740. The topological polar surface area (TPSA) is 58.3 Å². The van der Waals surface area contributed by atoms with Gasteiger partial charge in [-0.25, -0.2) is 0 Å². The van der Waals surface area contributed by atoms with Gasteiger partial charge in [0, 0.05) is 19.7 Å². The average Bonchev–Trinajstić information content (AvgIpc) is 2.51. The molecule has 1 aromatic heterocycles. The molecule has 0 aromatic carbocycles. The van der Waals surface area contributed by atoms with E-state index in [0.29, 0.717) is 12.8 Å². The summed E-state index contributed by atoms with van der Waals surface area (Å²) in [6.45, 7) is 3.49. The minimum absolute atomic E-state index is 0.391. The summed E-state index contributed by atoms with van der Waals surface area (Å²) >= 11 is 0. The molecule has 4 heteroatoms. The monoisotopic (exact) mass is 198 g/mol. The Kier molecular flexibility index (Phi) is 3.29. The number of aromatic nitrogens is 2. The number of aliphatic hydroxyl groups excluding tert-OH is 1. The van der Waals surface area contributed by atoms with E-state index in [9.17, 15) is 10.2 Å². The third-order valence-electron chi connectivity index (χ3n) is 2.60. The van der Waals surface area contributed by atoms with Crippen LogP contribution in [-0.4, -0.2) is 31.7 Å². The minimum Gasteiger partial charge on any atom is -0.390 e. The normalized spacial score (nSPS) is 17.8. The molecule has 4 nitrogen and oxygen atoms in total. The molecule has 1 rings (SSSR count). The molecule has 0 saturated heterocycles. The van der Waals surface area contributed by atoms with Crippen molar-refractivity contribution >= 4 is 0 Å². The summed E-state index contributed by atoms with van der Waals surface area (Å²) in [7, 11) is 1.83. The van der Waals surface area contributed by atoms with Crippen molar-refractivity contribution in [1.29, 1.82) is 0 Å². The molecule has 0 amide bonds. The third kappa shape index (κ3) is 2.56. The van der Waals surface area contributed by atoms with Gasteiger partial charge in [0.15, 0.2) is 0 Å². The van der Waals surface area contributed by atoms with E-state index in [1.54, 1.807) is 11.6 Å². The van der Waals surface area contributed by atoms with Crippen molar-refractivity contribution in [1.82, 2.24) is 9.78 Å². The van der Waals surface area contributed by atoms with Gasteiger partial charge in [-0.05, 0) is 19.4 Å². The molecule has 14 heavy (non-hydrogen) atoms. The highest BCUT2D eigenvalue weighted by Crippen LogP contribution is 2.17. The molecular weight excluding hydrogens is 180 g/mol. The first kappa shape index (κ1) is 11.2. The van der Waals surface area contributed by atoms with Crippen molar-refractivity contribution in [2.75, 3.05) is 0 Å². The first-order valence-electron chi connectivity index (χ1n) is 4.84. The zero-order valence-corrected chi connectivity index (χ0v) is 8.94. The standard InChI is InChI=1S/C10H18N2O2/c1-4-10(2,14)9(13)7-8-5-6-12(3)11-8/h5-6,9,13-14H,4,7H2,1-3H3. The van der Waals surface area contributed by atoms with Gasteiger partial charge in [-0.1, -0.05) is 6.92 Å². The van der Waals surface area contributed by atoms with Crippen LogP contribution in [0, 0.1) is 0 Å². The van der Waals surface area contributed by atoms with Gasteiger partial charge in [-0.15, -0.1) is 0 Å². The Labute approximate surface area is 84.2 Å². The summed E-state index contributed by atoms with van der Waals surface area (Å²) in [5.41, 5.74) is -0.230. The molecule has 0 saturated carbocycles. The zero-order valence-electron chi connectivity index (χ0n) is 8.94. The maximum atomic E-state index is 9.78. The first-order valence-corrected chi connectivity index (χ1v) is 4.84. The average molecular weight is 198 g/mol. The fourth-order valence-electron chi connectivity index (χ4n) is 1.23. The van der Waals surface area contributed by atoms with Crippen LogP contribution < -0.4 is 0 Å². The van der Waals surface area contributed by atoms with Gasteiger partial charge in [-0.2, -0.15) is 5.10 Å². The fraction of sp³-hybridized carbons (Fsp3) is 0.700. The maximum Gasteiger partial charge on any atom is 0.0880 e. The second kappa shape index (κ2) is 4.11. The Hall–Kier alpha value is -0.870. The van der Waals surface area contributed by atoms with Crippen molar-refractivity contribution in [3.05, 3.63) is 18.0 Å². The van der Waals surface area contributed by atoms with E-state index in [0.717, 1.165) is 5.69 Å². The molecule has 0 bridgehead atoms. The van der Waals surface area contributed by atoms with Crippen LogP contribution in [0.15, 0.2) is 12.3 Å². The van der Waals surface area contributed by atoms with Gasteiger partial charge in [0.05, 0.1) is 17.4 Å². The Morgan fingerprint density at radius 1 is 1.64 bits per heavy atom. The lowest BCUT2D eigenvalue weighted by Crippen LogP contribution is -2.40. The third-order valence-corrected chi connectivity index (χ3v) is 2.60. The van der Waals surface area contributed by atoms with Crippen LogP contribution in [0.25, 0.3) is 0 Å². The maximum absolute atomic E-state index is 9.78. The van der Waals surface area contributed by atoms with Gasteiger partial charge < -0.3 is 10.2 Å². The van der Waals surface area contributed by atoms with Crippen molar-refractivity contribution < 1.29 is 10.2 Å². The summed E-state index contributed by atoms with van der Waals surface area (Å²) in [6.07, 6.45) is 1.98. The molecule has 80 valence electrons. The highest BCUT2D eigenvalue weighted by molar-refractivity contribution is 5.02. The number of hydrogen-bond donors (Lipinski definition) is 2. The summed E-state index contributed by atoms with van der Waals surface area (Å²) in [6, 6.07) is 1.84. The van der Waals surface area contributed by atoms with E-state index in [-0.39, 0.29) is 0 Å². The van der Waals surface area contributed by atoms with E-state index < -0.39 is 11.7 Å². The first-order chi connectivity index (χ1) is 6.45. The lowest BCUT2D eigenvalue weighted by atomic mass is 9.93. The Balaban J connectivity index is 2.61. The van der Waals surface area contributed by atoms with Gasteiger partial charge in [-0.3, -0.25) is 4.68 Å². The van der Waals surface area contributed by atoms with Crippen LogP contribution in [0.5, 0.6) is 0 Å². The van der Waals surface area contributed by atoms with Crippen molar-refractivity contribution in [2.24, 2.45) is 7.05 Å². The van der Waals surface area contributed by atoms with Crippen LogP contribution in [-0.2, 0) is 13.5 Å². The molecule has 0 radical (unpaired) electrons. The summed E-state index contributed by atoms with van der Waals surface area (Å²) in [4.78, 5) is 0. The van der Waals surface area contributed by atoms with E-state index >= 15 is 0 Å². The highest BCUT2D eigenvalue weighted by atomic mass is 16.3. The predicted octanol–water partition coefficient (Wildman–Crippen LogP) is 0.485. The Morgan fingerprint density at radius 3 is 2.71 bits per heavy atom. The molecule has 0 aliphatic rings. The molecule has 2 atom stereocenters. The summed E-state index contributed by atoms with van der Waals surface area (Å²) in [5, 5.41) is 23.7. The number of rotatable bonds is 4. The molecule has 1 heterocycles. The summed E-state index contributed by atoms with van der Waals surface area (Å²) < 4.78 is 1.68. The Bertz CT molecular complexity index is 294. The summed E-state index contributed by atoms with van der Waals surface area (Å²) in [5.74, 6) is 0. The number of hydrogen-bond acceptors (Lipinski definition) is 3. The van der Waals surface area contributed by atoms with E-state index in [1.807, 2.05) is 26.2 Å². The van der Waals surface area contributed by atoms with Crippen LogP contribution in [0.2, 0.25) is 0 Å². The van der Waals surface area contributed by atoms with Crippen LogP contribution in [0.1, 0.15) is 26.0 Å². The lowest BCUT2D eigenvalue weighted by Gasteiger charge is -2.27. The SMILES string of the molecule is CCC(C)(O)C(O)Cc1ccn(C)n1. The number of nitrogens with zero attached hydrogens (tertiary/aromatic N) is 2. The molecule has 0 spiro atoms. The van der Waals surface area contributed by atoms with Gasteiger partial charge in [0.1, 0.15) is 0 Å². The van der Waals surface area contributed by atoms with Crippen LogP contribution in [0.4, 0.5) is 0 Å². The molecule has 0 aliphatic heterocycles. The van der Waals surface area contributed by atoms with Crippen molar-refractivity contribution in [3.63, 3.8) is 0 Å². The molecule has 0 fully saturated rings. The predicted molar refractivity (Wildman–Crippen MR) is 53.8 cm³/mol. The van der Waals surface area contributed by atoms with E-state index in [2.05, 4.69) is 5.10 Å². The van der Waals surface area contributed by atoms with Crippen LogP contribution >= 0.6 is 0 Å². The lowest BCUT2D eigenvalue weighted by molar-refractivity contribution is -0.0633. The smallest absolute Gasteiger partial charge is 0.0880 e.